The maximum Gasteiger partial charge on any atom is 0.273 e. The van der Waals surface area contributed by atoms with Crippen molar-refractivity contribution in [2.45, 2.75) is 0 Å². The fraction of sp³-hybridized carbons (Fsp3) is 0.111. The van der Waals surface area contributed by atoms with E-state index < -0.39 is 10.8 Å². The monoisotopic (exact) mass is 387 g/mol. The third-order valence-corrected chi connectivity index (χ3v) is 3.79. The SMILES string of the molecule is COc1ccc(C=C(C#N)C(=O)Nc2ccc([N+](=O)[O-])cc2OC)cc1Cl. The maximum atomic E-state index is 12.4. The summed E-state index contributed by atoms with van der Waals surface area (Å²) in [7, 11) is 2.79. The number of benzene rings is 2. The van der Waals surface area contributed by atoms with Gasteiger partial charge in [-0.05, 0) is 29.8 Å². The maximum absolute atomic E-state index is 12.4. The molecule has 2 rings (SSSR count). The molecule has 1 N–H and O–H groups in total. The lowest BCUT2D eigenvalue weighted by molar-refractivity contribution is -0.384. The van der Waals surface area contributed by atoms with Crippen LogP contribution in [-0.4, -0.2) is 25.1 Å². The van der Waals surface area contributed by atoms with Crippen molar-refractivity contribution in [2.24, 2.45) is 0 Å². The summed E-state index contributed by atoms with van der Waals surface area (Å²) in [5, 5.41) is 23.0. The normalized spacial score (nSPS) is 10.7. The summed E-state index contributed by atoms with van der Waals surface area (Å²) in [5.74, 6) is -0.133. The van der Waals surface area contributed by atoms with E-state index in [1.54, 1.807) is 18.2 Å². The highest BCUT2D eigenvalue weighted by molar-refractivity contribution is 6.32. The number of ether oxygens (including phenoxy) is 2. The van der Waals surface area contributed by atoms with Crippen LogP contribution in [0.4, 0.5) is 11.4 Å². The van der Waals surface area contributed by atoms with Gasteiger partial charge in [-0.1, -0.05) is 17.7 Å². The molecule has 0 spiro atoms. The van der Waals surface area contributed by atoms with Crippen molar-refractivity contribution in [3.8, 4) is 17.6 Å². The molecule has 0 aliphatic heterocycles. The van der Waals surface area contributed by atoms with Gasteiger partial charge in [-0.15, -0.1) is 0 Å². The summed E-state index contributed by atoms with van der Waals surface area (Å²) in [6.07, 6.45) is 1.36. The average Bonchev–Trinajstić information content (AvgIpc) is 2.66. The third-order valence-electron chi connectivity index (χ3n) is 3.50. The molecule has 0 aliphatic carbocycles. The Morgan fingerprint density at radius 2 is 1.93 bits per heavy atom. The van der Waals surface area contributed by atoms with Gasteiger partial charge in [-0.25, -0.2) is 0 Å². The van der Waals surface area contributed by atoms with E-state index in [4.69, 9.17) is 21.1 Å². The van der Waals surface area contributed by atoms with Crippen LogP contribution in [0.1, 0.15) is 5.56 Å². The number of carbonyl (C=O) groups excluding carboxylic acids is 1. The number of nitrogens with one attached hydrogen (secondary N) is 1. The van der Waals surface area contributed by atoms with Crippen molar-refractivity contribution < 1.29 is 19.2 Å². The molecule has 8 nitrogen and oxygen atoms in total. The van der Waals surface area contributed by atoms with E-state index in [1.807, 2.05) is 6.07 Å². The van der Waals surface area contributed by atoms with Crippen molar-refractivity contribution in [1.29, 1.82) is 5.26 Å². The molecule has 0 saturated carbocycles. The number of anilines is 1. The molecule has 0 bridgehead atoms. The second kappa shape index (κ2) is 8.69. The Morgan fingerprint density at radius 1 is 1.22 bits per heavy atom. The standard InChI is InChI=1S/C18H14ClN3O5/c1-26-16-6-3-11(8-14(16)19)7-12(10-20)18(23)21-15-5-4-13(22(24)25)9-17(15)27-2/h3-9H,1-2H3,(H,21,23). The van der Waals surface area contributed by atoms with Crippen LogP contribution < -0.4 is 14.8 Å². The molecular weight excluding hydrogens is 374 g/mol. The van der Waals surface area contributed by atoms with Gasteiger partial charge < -0.3 is 14.8 Å². The molecule has 0 atom stereocenters. The summed E-state index contributed by atoms with van der Waals surface area (Å²) in [6, 6.07) is 10.3. The van der Waals surface area contributed by atoms with Crippen LogP contribution in [0, 0.1) is 21.4 Å². The highest BCUT2D eigenvalue weighted by Gasteiger charge is 2.16. The number of nitrogens with zero attached hydrogens (tertiary/aromatic N) is 2. The Labute approximate surface area is 159 Å². The van der Waals surface area contributed by atoms with E-state index in [0.29, 0.717) is 16.3 Å². The molecule has 2 aromatic rings. The number of hydrogen-bond donors (Lipinski definition) is 1. The molecule has 0 saturated heterocycles. The lowest BCUT2D eigenvalue weighted by atomic mass is 10.1. The Hall–Kier alpha value is -3.57. The first-order valence-electron chi connectivity index (χ1n) is 7.48. The van der Waals surface area contributed by atoms with Gasteiger partial charge in [-0.2, -0.15) is 5.26 Å². The van der Waals surface area contributed by atoms with Gasteiger partial charge in [0.15, 0.2) is 0 Å². The van der Waals surface area contributed by atoms with Crippen LogP contribution in [0.3, 0.4) is 0 Å². The minimum absolute atomic E-state index is 0.0994. The largest absolute Gasteiger partial charge is 0.495 e. The predicted octanol–water partition coefficient (Wildman–Crippen LogP) is 3.81. The van der Waals surface area contributed by atoms with Crippen LogP contribution in [-0.2, 0) is 4.79 Å². The van der Waals surface area contributed by atoms with E-state index >= 15 is 0 Å². The van der Waals surface area contributed by atoms with Crippen molar-refractivity contribution in [1.82, 2.24) is 0 Å². The molecule has 2 aromatic carbocycles. The summed E-state index contributed by atoms with van der Waals surface area (Å²) in [6.45, 7) is 0. The van der Waals surface area contributed by atoms with E-state index in [0.717, 1.165) is 0 Å². The van der Waals surface area contributed by atoms with Crippen LogP contribution in [0.15, 0.2) is 42.0 Å². The Kier molecular flexibility index (Phi) is 6.36. The average molecular weight is 388 g/mol. The number of halogens is 1. The van der Waals surface area contributed by atoms with Gasteiger partial charge in [0.05, 0.1) is 35.9 Å². The number of nitriles is 1. The van der Waals surface area contributed by atoms with E-state index in [9.17, 15) is 20.2 Å². The van der Waals surface area contributed by atoms with Crippen LogP contribution in [0.5, 0.6) is 11.5 Å². The van der Waals surface area contributed by atoms with Crippen LogP contribution in [0.25, 0.3) is 6.08 Å². The number of rotatable bonds is 6. The van der Waals surface area contributed by atoms with Crippen molar-refractivity contribution in [3.63, 3.8) is 0 Å². The Morgan fingerprint density at radius 3 is 2.48 bits per heavy atom. The van der Waals surface area contributed by atoms with Crippen molar-refractivity contribution >= 4 is 35.0 Å². The molecule has 9 heteroatoms. The first-order valence-corrected chi connectivity index (χ1v) is 7.86. The lowest BCUT2D eigenvalue weighted by Gasteiger charge is -2.09. The number of methoxy groups -OCH3 is 2. The summed E-state index contributed by atoms with van der Waals surface area (Å²) in [4.78, 5) is 22.6. The minimum atomic E-state index is -0.698. The number of nitro groups is 1. The molecule has 27 heavy (non-hydrogen) atoms. The fourth-order valence-electron chi connectivity index (χ4n) is 2.17. The quantitative estimate of drug-likeness (QED) is 0.349. The zero-order chi connectivity index (χ0) is 20.0. The van der Waals surface area contributed by atoms with E-state index in [2.05, 4.69) is 5.32 Å². The number of carbonyl (C=O) groups is 1. The first kappa shape index (κ1) is 19.8. The van der Waals surface area contributed by atoms with Gasteiger partial charge in [0.1, 0.15) is 23.1 Å². The minimum Gasteiger partial charge on any atom is -0.495 e. The van der Waals surface area contributed by atoms with Crippen LogP contribution >= 0.6 is 11.6 Å². The molecule has 0 aromatic heterocycles. The van der Waals surface area contributed by atoms with E-state index in [1.165, 1.54) is 38.5 Å². The number of nitro benzene ring substituents is 1. The highest BCUT2D eigenvalue weighted by atomic mass is 35.5. The fourth-order valence-corrected chi connectivity index (χ4v) is 2.44. The molecule has 0 radical (unpaired) electrons. The second-order valence-corrected chi connectivity index (χ2v) is 5.57. The number of amides is 1. The van der Waals surface area contributed by atoms with Gasteiger partial charge in [0.2, 0.25) is 0 Å². The smallest absolute Gasteiger partial charge is 0.273 e. The van der Waals surface area contributed by atoms with Crippen molar-refractivity contribution in [3.05, 3.63) is 62.7 Å². The molecule has 0 heterocycles. The Balaban J connectivity index is 2.29. The summed E-state index contributed by atoms with van der Waals surface area (Å²) in [5.41, 5.74) is 0.357. The second-order valence-electron chi connectivity index (χ2n) is 5.16. The first-order chi connectivity index (χ1) is 12.9. The topological polar surface area (TPSA) is 114 Å². The third kappa shape index (κ3) is 4.74. The zero-order valence-electron chi connectivity index (χ0n) is 14.4. The molecule has 138 valence electrons. The molecular formula is C18H14ClN3O5. The summed E-state index contributed by atoms with van der Waals surface area (Å²) >= 11 is 6.04. The lowest BCUT2D eigenvalue weighted by Crippen LogP contribution is -2.14. The van der Waals surface area contributed by atoms with Gasteiger partial charge in [-0.3, -0.25) is 14.9 Å². The van der Waals surface area contributed by atoms with E-state index in [-0.39, 0.29) is 22.7 Å². The highest BCUT2D eigenvalue weighted by Crippen LogP contribution is 2.30. The van der Waals surface area contributed by atoms with Crippen molar-refractivity contribution in [2.75, 3.05) is 19.5 Å². The van der Waals surface area contributed by atoms with Gasteiger partial charge in [0, 0.05) is 6.07 Å². The van der Waals surface area contributed by atoms with Gasteiger partial charge in [0.25, 0.3) is 11.6 Å². The number of hydrogen-bond acceptors (Lipinski definition) is 6. The zero-order valence-corrected chi connectivity index (χ0v) is 15.1. The van der Waals surface area contributed by atoms with Crippen LogP contribution in [0.2, 0.25) is 5.02 Å². The molecule has 1 amide bonds. The molecule has 0 fully saturated rings. The number of non-ortho nitro benzene ring substituents is 1. The predicted molar refractivity (Wildman–Crippen MR) is 99.9 cm³/mol. The Bertz CT molecular complexity index is 966. The molecule has 0 unspecified atom stereocenters. The summed E-state index contributed by atoms with van der Waals surface area (Å²) < 4.78 is 10.1. The molecule has 0 aliphatic rings. The van der Waals surface area contributed by atoms with Gasteiger partial charge >= 0.3 is 0 Å².